The molecule has 0 radical (unpaired) electrons. The second-order valence-corrected chi connectivity index (χ2v) is 7.69. The van der Waals surface area contributed by atoms with Gasteiger partial charge in [0.1, 0.15) is 22.6 Å². The first kappa shape index (κ1) is 17.4. The Morgan fingerprint density at radius 1 is 1.08 bits per heavy atom. The van der Waals surface area contributed by atoms with Crippen LogP contribution in [0.3, 0.4) is 0 Å². The molecule has 0 atom stereocenters. The molecule has 130 valence electrons. The minimum absolute atomic E-state index is 0.111. The highest BCUT2D eigenvalue weighted by Crippen LogP contribution is 2.25. The summed E-state index contributed by atoms with van der Waals surface area (Å²) in [5.41, 5.74) is 0.554. The van der Waals surface area contributed by atoms with Gasteiger partial charge in [-0.2, -0.15) is 9.57 Å². The Balaban J connectivity index is 1.63. The van der Waals surface area contributed by atoms with E-state index < -0.39 is 15.8 Å². The SMILES string of the molecule is N#Cc1ccc(OC2CCN(S(=O)(=O)c3ccccc3F)CC2)cc1. The summed E-state index contributed by atoms with van der Waals surface area (Å²) >= 11 is 0. The standard InChI is InChI=1S/C18H17FN2O3S/c19-17-3-1-2-4-18(17)25(22,23)21-11-9-16(10-12-21)24-15-7-5-14(13-20)6-8-15/h1-8,16H,9-12H2. The van der Waals surface area contributed by atoms with Crippen molar-refractivity contribution in [2.75, 3.05) is 13.1 Å². The fourth-order valence-electron chi connectivity index (χ4n) is 2.78. The number of piperidine rings is 1. The minimum atomic E-state index is -3.83. The third kappa shape index (κ3) is 3.81. The third-order valence-electron chi connectivity index (χ3n) is 4.14. The van der Waals surface area contributed by atoms with E-state index in [0.29, 0.717) is 24.2 Å². The Labute approximate surface area is 146 Å². The predicted octanol–water partition coefficient (Wildman–Crippen LogP) is 2.93. The molecule has 0 saturated carbocycles. The van der Waals surface area contributed by atoms with Crippen LogP contribution in [-0.2, 0) is 10.0 Å². The van der Waals surface area contributed by atoms with E-state index in [0.717, 1.165) is 6.07 Å². The summed E-state index contributed by atoms with van der Waals surface area (Å²) in [7, 11) is -3.83. The van der Waals surface area contributed by atoms with Crippen molar-refractivity contribution < 1.29 is 17.5 Å². The quantitative estimate of drug-likeness (QED) is 0.841. The molecule has 1 aliphatic rings. The first-order valence-corrected chi connectivity index (χ1v) is 9.36. The molecular weight excluding hydrogens is 343 g/mol. The van der Waals surface area contributed by atoms with Crippen LogP contribution in [0.4, 0.5) is 4.39 Å². The molecule has 1 heterocycles. The van der Waals surface area contributed by atoms with E-state index in [1.54, 1.807) is 24.3 Å². The summed E-state index contributed by atoms with van der Waals surface area (Å²) in [6, 6.07) is 14.2. The van der Waals surface area contributed by atoms with Gasteiger partial charge in [0.2, 0.25) is 10.0 Å². The number of rotatable bonds is 4. The Hall–Kier alpha value is -2.43. The van der Waals surface area contributed by atoms with Crippen molar-refractivity contribution in [2.45, 2.75) is 23.8 Å². The summed E-state index contributed by atoms with van der Waals surface area (Å²) in [6.45, 7) is 0.551. The highest BCUT2D eigenvalue weighted by Gasteiger charge is 2.31. The normalized spacial score (nSPS) is 16.3. The lowest BCUT2D eigenvalue weighted by Gasteiger charge is -2.31. The largest absolute Gasteiger partial charge is 0.490 e. The van der Waals surface area contributed by atoms with Gasteiger partial charge in [0.15, 0.2) is 0 Å². The van der Waals surface area contributed by atoms with Crippen LogP contribution in [-0.4, -0.2) is 31.9 Å². The highest BCUT2D eigenvalue weighted by molar-refractivity contribution is 7.89. The molecule has 5 nitrogen and oxygen atoms in total. The van der Waals surface area contributed by atoms with Crippen molar-refractivity contribution in [3.05, 3.63) is 59.9 Å². The van der Waals surface area contributed by atoms with Gasteiger partial charge in [-0.3, -0.25) is 0 Å². The number of nitriles is 1. The van der Waals surface area contributed by atoms with Crippen molar-refractivity contribution in [1.82, 2.24) is 4.31 Å². The average Bonchev–Trinajstić information content (AvgIpc) is 2.63. The molecule has 7 heteroatoms. The molecule has 25 heavy (non-hydrogen) atoms. The zero-order valence-electron chi connectivity index (χ0n) is 13.4. The molecule has 0 bridgehead atoms. The summed E-state index contributed by atoms with van der Waals surface area (Å²) in [6.07, 6.45) is 0.932. The van der Waals surface area contributed by atoms with Gasteiger partial charge in [-0.1, -0.05) is 12.1 Å². The lowest BCUT2D eigenvalue weighted by atomic mass is 10.1. The van der Waals surface area contributed by atoms with Crippen LogP contribution in [0, 0.1) is 17.1 Å². The van der Waals surface area contributed by atoms with Crippen molar-refractivity contribution in [3.8, 4) is 11.8 Å². The number of sulfonamides is 1. The van der Waals surface area contributed by atoms with E-state index in [4.69, 9.17) is 10.00 Å². The van der Waals surface area contributed by atoms with E-state index in [1.807, 2.05) is 6.07 Å². The summed E-state index contributed by atoms with van der Waals surface area (Å²) in [5.74, 6) is -0.0899. The van der Waals surface area contributed by atoms with Crippen LogP contribution in [0.15, 0.2) is 53.4 Å². The van der Waals surface area contributed by atoms with Crippen LogP contribution in [0.25, 0.3) is 0 Å². The predicted molar refractivity (Wildman–Crippen MR) is 90.0 cm³/mol. The second-order valence-electron chi connectivity index (χ2n) is 5.79. The van der Waals surface area contributed by atoms with Gasteiger partial charge >= 0.3 is 0 Å². The van der Waals surface area contributed by atoms with Gasteiger partial charge in [-0.05, 0) is 49.2 Å². The zero-order valence-corrected chi connectivity index (χ0v) is 14.2. The number of nitrogens with zero attached hydrogens (tertiary/aromatic N) is 2. The smallest absolute Gasteiger partial charge is 0.245 e. The molecule has 0 unspecified atom stereocenters. The maximum atomic E-state index is 13.8. The molecule has 0 N–H and O–H groups in total. The average molecular weight is 360 g/mol. The van der Waals surface area contributed by atoms with Gasteiger partial charge < -0.3 is 4.74 Å². The van der Waals surface area contributed by atoms with Crippen LogP contribution in [0.5, 0.6) is 5.75 Å². The molecule has 0 spiro atoms. The first-order chi connectivity index (χ1) is 12.0. The van der Waals surface area contributed by atoms with Gasteiger partial charge in [-0.25, -0.2) is 12.8 Å². The van der Waals surface area contributed by atoms with Gasteiger partial charge in [0.25, 0.3) is 0 Å². The van der Waals surface area contributed by atoms with Crippen LogP contribution >= 0.6 is 0 Å². The number of hydrogen-bond donors (Lipinski definition) is 0. The summed E-state index contributed by atoms with van der Waals surface area (Å²) in [4.78, 5) is -0.290. The Bertz CT molecular complexity index is 883. The summed E-state index contributed by atoms with van der Waals surface area (Å²) < 4.78 is 46.1. The van der Waals surface area contributed by atoms with E-state index >= 15 is 0 Å². The lowest BCUT2D eigenvalue weighted by molar-refractivity contribution is 0.135. The third-order valence-corrected chi connectivity index (χ3v) is 6.07. The summed E-state index contributed by atoms with van der Waals surface area (Å²) in [5, 5.41) is 8.79. The highest BCUT2D eigenvalue weighted by atomic mass is 32.2. The van der Waals surface area contributed by atoms with E-state index in [-0.39, 0.29) is 24.1 Å². The maximum absolute atomic E-state index is 13.8. The molecule has 0 aliphatic carbocycles. The van der Waals surface area contributed by atoms with E-state index in [1.165, 1.54) is 22.5 Å². The molecule has 2 aromatic rings. The lowest BCUT2D eigenvalue weighted by Crippen LogP contribution is -2.41. The van der Waals surface area contributed by atoms with Crippen molar-refractivity contribution in [1.29, 1.82) is 5.26 Å². The molecule has 1 fully saturated rings. The monoisotopic (exact) mass is 360 g/mol. The van der Waals surface area contributed by atoms with Crippen molar-refractivity contribution in [3.63, 3.8) is 0 Å². The van der Waals surface area contributed by atoms with Crippen LogP contribution in [0.2, 0.25) is 0 Å². The van der Waals surface area contributed by atoms with Crippen LogP contribution in [0.1, 0.15) is 18.4 Å². The molecule has 0 aromatic heterocycles. The first-order valence-electron chi connectivity index (χ1n) is 7.92. The zero-order chi connectivity index (χ0) is 17.9. The number of halogens is 1. The Morgan fingerprint density at radius 3 is 2.32 bits per heavy atom. The second kappa shape index (κ2) is 7.21. The fraction of sp³-hybridized carbons (Fsp3) is 0.278. The molecular formula is C18H17FN2O3S. The molecule has 1 saturated heterocycles. The molecule has 3 rings (SSSR count). The van der Waals surface area contributed by atoms with Gasteiger partial charge in [-0.15, -0.1) is 0 Å². The number of benzene rings is 2. The Kier molecular flexibility index (Phi) is 5.02. The van der Waals surface area contributed by atoms with E-state index in [9.17, 15) is 12.8 Å². The molecule has 0 amide bonds. The minimum Gasteiger partial charge on any atom is -0.490 e. The van der Waals surface area contributed by atoms with Crippen LogP contribution < -0.4 is 4.74 Å². The number of hydrogen-bond acceptors (Lipinski definition) is 4. The van der Waals surface area contributed by atoms with Crippen molar-refractivity contribution in [2.24, 2.45) is 0 Å². The number of ether oxygens (including phenoxy) is 1. The molecule has 1 aliphatic heterocycles. The molecule has 2 aromatic carbocycles. The van der Waals surface area contributed by atoms with Gasteiger partial charge in [0.05, 0.1) is 11.6 Å². The maximum Gasteiger partial charge on any atom is 0.245 e. The van der Waals surface area contributed by atoms with E-state index in [2.05, 4.69) is 0 Å². The Morgan fingerprint density at radius 2 is 1.72 bits per heavy atom. The fourth-order valence-corrected chi connectivity index (χ4v) is 4.32. The topological polar surface area (TPSA) is 70.4 Å². The van der Waals surface area contributed by atoms with Crippen molar-refractivity contribution >= 4 is 10.0 Å². The van der Waals surface area contributed by atoms with Gasteiger partial charge in [0, 0.05) is 13.1 Å².